The highest BCUT2D eigenvalue weighted by Crippen LogP contribution is 2.26. The van der Waals surface area contributed by atoms with E-state index in [1.807, 2.05) is 6.92 Å². The zero-order chi connectivity index (χ0) is 7.72. The molecule has 56 valence electrons. The number of hydrogen-bond donors (Lipinski definition) is 0. The van der Waals surface area contributed by atoms with Crippen molar-refractivity contribution < 1.29 is 4.52 Å². The number of aryl methyl sites for hydroxylation is 1. The fraction of sp³-hybridized carbons (Fsp3) is 0.571. The molecule has 0 fully saturated rings. The third-order valence-corrected chi connectivity index (χ3v) is 2.30. The molecule has 0 saturated heterocycles. The Labute approximate surface area is 68.7 Å². The maximum atomic E-state index is 5.06. The van der Waals surface area contributed by atoms with Crippen molar-refractivity contribution in [1.29, 1.82) is 0 Å². The predicted octanol–water partition coefficient (Wildman–Crippen LogP) is 2.87. The van der Waals surface area contributed by atoms with E-state index in [-0.39, 0.29) is 0 Å². The van der Waals surface area contributed by atoms with Crippen LogP contribution >= 0.6 is 15.9 Å². The zero-order valence-corrected chi connectivity index (χ0v) is 7.90. The Kier molecular flexibility index (Phi) is 2.14. The van der Waals surface area contributed by atoms with E-state index in [0.717, 1.165) is 15.9 Å². The van der Waals surface area contributed by atoms with Crippen LogP contribution in [0.3, 0.4) is 0 Å². The standard InChI is InChI=1S/C7H10BrNO/c1-4(2)7-6(8)5(3)9-10-7/h4H,1-3H3. The third kappa shape index (κ3) is 1.24. The molecule has 0 amide bonds. The molecular weight excluding hydrogens is 194 g/mol. The molecule has 0 N–H and O–H groups in total. The topological polar surface area (TPSA) is 26.0 Å². The van der Waals surface area contributed by atoms with E-state index in [2.05, 4.69) is 34.9 Å². The van der Waals surface area contributed by atoms with Crippen LogP contribution in [0.1, 0.15) is 31.2 Å². The summed E-state index contributed by atoms with van der Waals surface area (Å²) in [6, 6.07) is 0. The van der Waals surface area contributed by atoms with Crippen molar-refractivity contribution in [2.24, 2.45) is 0 Å². The predicted molar refractivity (Wildman–Crippen MR) is 43.0 cm³/mol. The number of rotatable bonds is 1. The zero-order valence-electron chi connectivity index (χ0n) is 6.31. The highest BCUT2D eigenvalue weighted by atomic mass is 79.9. The van der Waals surface area contributed by atoms with Gasteiger partial charge >= 0.3 is 0 Å². The lowest BCUT2D eigenvalue weighted by molar-refractivity contribution is 0.367. The van der Waals surface area contributed by atoms with Crippen molar-refractivity contribution in [3.63, 3.8) is 0 Å². The van der Waals surface area contributed by atoms with Crippen molar-refractivity contribution >= 4 is 15.9 Å². The summed E-state index contributed by atoms with van der Waals surface area (Å²) in [5.41, 5.74) is 0.920. The number of hydrogen-bond acceptors (Lipinski definition) is 2. The van der Waals surface area contributed by atoms with Gasteiger partial charge in [0, 0.05) is 5.92 Å². The molecule has 0 atom stereocenters. The summed E-state index contributed by atoms with van der Waals surface area (Å²) in [7, 11) is 0. The van der Waals surface area contributed by atoms with Gasteiger partial charge in [-0.05, 0) is 22.9 Å². The van der Waals surface area contributed by atoms with Gasteiger partial charge in [-0.15, -0.1) is 0 Å². The van der Waals surface area contributed by atoms with Crippen LogP contribution in [0.25, 0.3) is 0 Å². The van der Waals surface area contributed by atoms with Gasteiger partial charge in [0.1, 0.15) is 0 Å². The van der Waals surface area contributed by atoms with E-state index in [0.29, 0.717) is 5.92 Å². The van der Waals surface area contributed by atoms with Crippen LogP contribution in [0.5, 0.6) is 0 Å². The van der Waals surface area contributed by atoms with Crippen LogP contribution < -0.4 is 0 Å². The van der Waals surface area contributed by atoms with Gasteiger partial charge < -0.3 is 4.52 Å². The molecule has 0 bridgehead atoms. The smallest absolute Gasteiger partial charge is 0.153 e. The SMILES string of the molecule is Cc1noc(C(C)C)c1Br. The summed E-state index contributed by atoms with van der Waals surface area (Å²) >= 11 is 3.39. The maximum absolute atomic E-state index is 5.06. The highest BCUT2D eigenvalue weighted by Gasteiger charge is 2.12. The minimum Gasteiger partial charge on any atom is -0.360 e. The summed E-state index contributed by atoms with van der Waals surface area (Å²) in [5, 5.41) is 3.82. The van der Waals surface area contributed by atoms with Crippen molar-refractivity contribution in [3.8, 4) is 0 Å². The van der Waals surface area contributed by atoms with Crippen LogP contribution in [0, 0.1) is 6.92 Å². The molecule has 0 saturated carbocycles. The van der Waals surface area contributed by atoms with Gasteiger partial charge in [0.15, 0.2) is 5.76 Å². The minimum atomic E-state index is 0.399. The van der Waals surface area contributed by atoms with E-state index >= 15 is 0 Å². The van der Waals surface area contributed by atoms with Gasteiger partial charge in [-0.3, -0.25) is 0 Å². The molecule has 3 heteroatoms. The molecule has 0 spiro atoms. The van der Waals surface area contributed by atoms with Crippen LogP contribution in [0.15, 0.2) is 9.00 Å². The second-order valence-corrected chi connectivity index (χ2v) is 3.39. The molecule has 1 aromatic heterocycles. The monoisotopic (exact) mass is 203 g/mol. The Morgan fingerprint density at radius 1 is 1.50 bits per heavy atom. The first-order valence-corrected chi connectivity index (χ1v) is 4.04. The van der Waals surface area contributed by atoms with Gasteiger partial charge in [-0.1, -0.05) is 19.0 Å². The van der Waals surface area contributed by atoms with Crippen LogP contribution in [0.4, 0.5) is 0 Å². The molecule has 1 heterocycles. The van der Waals surface area contributed by atoms with E-state index in [4.69, 9.17) is 4.52 Å². The lowest BCUT2D eigenvalue weighted by Crippen LogP contribution is -1.83. The lowest BCUT2D eigenvalue weighted by Gasteiger charge is -1.96. The summed E-state index contributed by atoms with van der Waals surface area (Å²) in [5.74, 6) is 1.33. The Bertz CT molecular complexity index is 230. The molecule has 0 aliphatic rings. The van der Waals surface area contributed by atoms with Gasteiger partial charge in [-0.25, -0.2) is 0 Å². The molecule has 0 aliphatic heterocycles. The first-order chi connectivity index (χ1) is 4.63. The molecule has 10 heavy (non-hydrogen) atoms. The van der Waals surface area contributed by atoms with Gasteiger partial charge in [-0.2, -0.15) is 0 Å². The Balaban J connectivity index is 3.05. The average molecular weight is 204 g/mol. The van der Waals surface area contributed by atoms with Gasteiger partial charge in [0.25, 0.3) is 0 Å². The van der Waals surface area contributed by atoms with Gasteiger partial charge in [0.2, 0.25) is 0 Å². The summed E-state index contributed by atoms with van der Waals surface area (Å²) in [6.07, 6.45) is 0. The fourth-order valence-electron chi connectivity index (χ4n) is 0.735. The molecule has 0 unspecified atom stereocenters. The third-order valence-electron chi connectivity index (χ3n) is 1.34. The van der Waals surface area contributed by atoms with E-state index in [1.54, 1.807) is 0 Å². The van der Waals surface area contributed by atoms with Crippen molar-refractivity contribution in [3.05, 3.63) is 15.9 Å². The number of halogens is 1. The summed E-state index contributed by atoms with van der Waals surface area (Å²) in [6.45, 7) is 6.06. The lowest BCUT2D eigenvalue weighted by atomic mass is 10.1. The molecule has 1 aromatic rings. The Hall–Kier alpha value is -0.310. The largest absolute Gasteiger partial charge is 0.360 e. The molecule has 1 rings (SSSR count). The van der Waals surface area contributed by atoms with Crippen molar-refractivity contribution in [2.45, 2.75) is 26.7 Å². The number of nitrogens with zero attached hydrogens (tertiary/aromatic N) is 1. The molecular formula is C7H10BrNO. The van der Waals surface area contributed by atoms with Gasteiger partial charge in [0.05, 0.1) is 10.2 Å². The second-order valence-electron chi connectivity index (χ2n) is 2.60. The molecule has 0 radical (unpaired) electrons. The normalized spacial score (nSPS) is 10.9. The van der Waals surface area contributed by atoms with Crippen LogP contribution in [0.2, 0.25) is 0 Å². The Morgan fingerprint density at radius 3 is 2.30 bits per heavy atom. The van der Waals surface area contributed by atoms with Crippen molar-refractivity contribution in [1.82, 2.24) is 5.16 Å². The minimum absolute atomic E-state index is 0.399. The summed E-state index contributed by atoms with van der Waals surface area (Å²) in [4.78, 5) is 0. The maximum Gasteiger partial charge on any atom is 0.153 e. The summed E-state index contributed by atoms with van der Waals surface area (Å²) < 4.78 is 6.06. The van der Waals surface area contributed by atoms with E-state index < -0.39 is 0 Å². The average Bonchev–Trinajstić information content (AvgIpc) is 2.14. The van der Waals surface area contributed by atoms with Crippen LogP contribution in [-0.4, -0.2) is 5.16 Å². The van der Waals surface area contributed by atoms with Crippen molar-refractivity contribution in [2.75, 3.05) is 0 Å². The first kappa shape index (κ1) is 7.79. The highest BCUT2D eigenvalue weighted by molar-refractivity contribution is 9.10. The molecule has 2 nitrogen and oxygen atoms in total. The quantitative estimate of drug-likeness (QED) is 0.702. The van der Waals surface area contributed by atoms with Crippen LogP contribution in [-0.2, 0) is 0 Å². The second kappa shape index (κ2) is 2.74. The number of aromatic nitrogens is 1. The fourth-order valence-corrected chi connectivity index (χ4v) is 1.34. The Morgan fingerprint density at radius 2 is 2.10 bits per heavy atom. The van der Waals surface area contributed by atoms with E-state index in [9.17, 15) is 0 Å². The molecule has 0 aliphatic carbocycles. The van der Waals surface area contributed by atoms with E-state index in [1.165, 1.54) is 0 Å². The first-order valence-electron chi connectivity index (χ1n) is 3.24. The molecule has 0 aromatic carbocycles.